The van der Waals surface area contributed by atoms with Crippen molar-refractivity contribution in [1.82, 2.24) is 40.5 Å². The van der Waals surface area contributed by atoms with Crippen LogP contribution in [0.5, 0.6) is 0 Å². The second-order valence-corrected chi connectivity index (χ2v) is 8.40. The predicted octanol–water partition coefficient (Wildman–Crippen LogP) is 1.14. The summed E-state index contributed by atoms with van der Waals surface area (Å²) in [6, 6.07) is 13.2. The van der Waals surface area contributed by atoms with Gasteiger partial charge in [0.05, 0.1) is 18.8 Å². The second kappa shape index (κ2) is 9.84. The highest BCUT2D eigenvalue weighted by molar-refractivity contribution is 5.85. The Balaban J connectivity index is 1.55. The number of nitrogens with zero attached hydrogens (tertiary/aromatic N) is 6. The molecule has 1 amide bonds. The zero-order chi connectivity index (χ0) is 23.3. The summed E-state index contributed by atoms with van der Waals surface area (Å²) in [6.07, 6.45) is 3.31. The van der Waals surface area contributed by atoms with Crippen molar-refractivity contribution in [2.24, 2.45) is 5.73 Å². The van der Waals surface area contributed by atoms with E-state index in [9.17, 15) is 4.79 Å². The number of aromatic nitrogens is 7. The molecule has 11 nitrogen and oxygen atoms in total. The van der Waals surface area contributed by atoms with Crippen molar-refractivity contribution in [1.29, 1.82) is 0 Å². The lowest BCUT2D eigenvalue weighted by Gasteiger charge is -2.23. The highest BCUT2D eigenvalue weighted by atomic mass is 16.5. The van der Waals surface area contributed by atoms with Gasteiger partial charge in [0.25, 0.3) is 0 Å². The number of carbonyl (C=O) groups is 1. The smallest absolute Gasteiger partial charge is 0.240 e. The van der Waals surface area contributed by atoms with E-state index in [0.29, 0.717) is 36.7 Å². The van der Waals surface area contributed by atoms with Gasteiger partial charge in [0, 0.05) is 12.6 Å². The van der Waals surface area contributed by atoms with Crippen molar-refractivity contribution in [2.45, 2.75) is 44.9 Å². The Kier molecular flexibility index (Phi) is 6.71. The quantitative estimate of drug-likeness (QED) is 0.326. The Hall–Kier alpha value is -3.70. The molecule has 172 valence electrons. The largest absolute Gasteiger partial charge is 0.374 e. The van der Waals surface area contributed by atoms with E-state index < -0.39 is 11.6 Å². The van der Waals surface area contributed by atoms with Gasteiger partial charge in [-0.25, -0.2) is 0 Å². The molecule has 0 fully saturated rings. The molecule has 4 aromatic rings. The van der Waals surface area contributed by atoms with E-state index in [-0.39, 0.29) is 12.5 Å². The van der Waals surface area contributed by atoms with Gasteiger partial charge in [0.2, 0.25) is 5.91 Å². The van der Waals surface area contributed by atoms with E-state index in [1.54, 1.807) is 13.8 Å². The molecule has 11 heteroatoms. The molecule has 0 saturated carbocycles. The lowest BCUT2D eigenvalue weighted by Crippen LogP contribution is -2.50. The normalized spacial score (nSPS) is 12.7. The van der Waals surface area contributed by atoms with Crippen LogP contribution in [0.15, 0.2) is 48.7 Å². The summed E-state index contributed by atoms with van der Waals surface area (Å²) in [5.41, 5.74) is 7.71. The molecule has 0 aliphatic heterocycles. The van der Waals surface area contributed by atoms with Crippen LogP contribution in [0.3, 0.4) is 0 Å². The van der Waals surface area contributed by atoms with Crippen LogP contribution in [0.1, 0.15) is 42.7 Å². The van der Waals surface area contributed by atoms with Gasteiger partial charge in [-0.05, 0) is 37.5 Å². The number of hydrogen-bond donors (Lipinski definition) is 3. The third-order valence-corrected chi connectivity index (χ3v) is 5.11. The number of tetrazole rings is 1. The number of nitrogens with one attached hydrogen (secondary N) is 2. The number of pyridine rings is 1. The summed E-state index contributed by atoms with van der Waals surface area (Å²) in [7, 11) is 0. The minimum Gasteiger partial charge on any atom is -0.374 e. The zero-order valence-corrected chi connectivity index (χ0v) is 18.6. The molecular weight excluding hydrogens is 422 g/mol. The van der Waals surface area contributed by atoms with Gasteiger partial charge in [-0.1, -0.05) is 41.6 Å². The Morgan fingerprint density at radius 1 is 1.12 bits per heavy atom. The summed E-state index contributed by atoms with van der Waals surface area (Å²) in [4.78, 5) is 12.7. The molecule has 0 radical (unpaired) electrons. The van der Waals surface area contributed by atoms with Gasteiger partial charge < -0.3 is 15.8 Å². The maximum absolute atomic E-state index is 12.7. The fourth-order valence-electron chi connectivity index (χ4n) is 3.28. The zero-order valence-electron chi connectivity index (χ0n) is 18.6. The maximum Gasteiger partial charge on any atom is 0.240 e. The van der Waals surface area contributed by atoms with Crippen molar-refractivity contribution in [3.63, 3.8) is 0 Å². The number of rotatable bonds is 10. The minimum absolute atomic E-state index is 0.213. The third kappa shape index (κ3) is 5.76. The highest BCUT2D eigenvalue weighted by Crippen LogP contribution is 2.17. The van der Waals surface area contributed by atoms with Gasteiger partial charge in [-0.2, -0.15) is 5.21 Å². The van der Waals surface area contributed by atoms with Crippen molar-refractivity contribution < 1.29 is 9.53 Å². The van der Waals surface area contributed by atoms with Gasteiger partial charge in [0.1, 0.15) is 6.04 Å². The first kappa shape index (κ1) is 22.5. The van der Waals surface area contributed by atoms with Crippen LogP contribution < -0.4 is 11.1 Å². The lowest BCUT2D eigenvalue weighted by molar-refractivity contribution is -0.126. The van der Waals surface area contributed by atoms with Crippen molar-refractivity contribution in [3.8, 4) is 0 Å². The molecule has 1 aromatic carbocycles. The minimum atomic E-state index is -1.05. The SMILES string of the molecule is CC(C)(N)C(=O)N[C@H](COCc1ccccc1)c1nnc2ccc(CCc3nn[nH]n3)cn12. The Labute approximate surface area is 190 Å². The van der Waals surface area contributed by atoms with Crippen LogP contribution in [0.25, 0.3) is 5.65 Å². The number of fused-ring (bicyclic) bond motifs is 1. The number of nitrogens with two attached hydrogens (primary N) is 1. The number of benzene rings is 1. The van der Waals surface area contributed by atoms with Crippen LogP contribution in [-0.4, -0.2) is 53.3 Å². The summed E-state index contributed by atoms with van der Waals surface area (Å²) >= 11 is 0. The number of aromatic amines is 1. The topological polar surface area (TPSA) is 149 Å². The van der Waals surface area contributed by atoms with Gasteiger partial charge >= 0.3 is 0 Å². The van der Waals surface area contributed by atoms with Crippen LogP contribution in [0.2, 0.25) is 0 Å². The van der Waals surface area contributed by atoms with Gasteiger partial charge in [0.15, 0.2) is 17.3 Å². The van der Waals surface area contributed by atoms with Crippen LogP contribution in [0, 0.1) is 0 Å². The highest BCUT2D eigenvalue weighted by Gasteiger charge is 2.28. The van der Waals surface area contributed by atoms with E-state index in [2.05, 4.69) is 36.1 Å². The van der Waals surface area contributed by atoms with Crippen molar-refractivity contribution in [3.05, 3.63) is 71.4 Å². The molecular formula is C22H27N9O2. The molecule has 3 heterocycles. The Morgan fingerprint density at radius 3 is 2.67 bits per heavy atom. The summed E-state index contributed by atoms with van der Waals surface area (Å²) < 4.78 is 7.80. The van der Waals surface area contributed by atoms with E-state index in [1.165, 1.54) is 0 Å². The fourth-order valence-corrected chi connectivity index (χ4v) is 3.28. The van der Waals surface area contributed by atoms with E-state index in [0.717, 1.165) is 11.1 Å². The molecule has 4 N–H and O–H groups in total. The number of hydrogen-bond acceptors (Lipinski definition) is 8. The molecule has 33 heavy (non-hydrogen) atoms. The Morgan fingerprint density at radius 2 is 1.94 bits per heavy atom. The fraction of sp³-hybridized carbons (Fsp3) is 0.364. The standard InChI is InChI=1S/C22H27N9O2/c1-22(2,23)21(32)24-17(14-33-13-16-6-4-3-5-7-16)20-28-27-19-11-9-15(12-31(19)20)8-10-18-25-29-30-26-18/h3-7,9,11-12,17H,8,10,13-14,23H2,1-2H3,(H,24,32)(H,25,26,29,30)/t17-/m1/s1. The molecule has 0 spiro atoms. The van der Waals surface area contributed by atoms with Crippen LogP contribution in [-0.2, 0) is 29.0 Å². The van der Waals surface area contributed by atoms with E-state index in [4.69, 9.17) is 10.5 Å². The third-order valence-electron chi connectivity index (χ3n) is 5.11. The predicted molar refractivity (Wildman–Crippen MR) is 120 cm³/mol. The van der Waals surface area contributed by atoms with Gasteiger partial charge in [-0.15, -0.1) is 20.4 Å². The molecule has 3 aromatic heterocycles. The van der Waals surface area contributed by atoms with E-state index in [1.807, 2.05) is 53.1 Å². The second-order valence-electron chi connectivity index (χ2n) is 8.40. The van der Waals surface area contributed by atoms with Crippen LogP contribution >= 0.6 is 0 Å². The van der Waals surface area contributed by atoms with Crippen LogP contribution in [0.4, 0.5) is 0 Å². The maximum atomic E-state index is 12.7. The number of amides is 1. The summed E-state index contributed by atoms with van der Waals surface area (Å²) in [5.74, 6) is 0.904. The first-order valence-corrected chi connectivity index (χ1v) is 10.7. The average molecular weight is 450 g/mol. The molecule has 0 aliphatic carbocycles. The number of H-pyrrole nitrogens is 1. The first-order chi connectivity index (χ1) is 15.9. The first-order valence-electron chi connectivity index (χ1n) is 10.7. The van der Waals surface area contributed by atoms with Crippen molar-refractivity contribution in [2.75, 3.05) is 6.61 Å². The molecule has 1 atom stereocenters. The number of ether oxygens (including phenoxy) is 1. The average Bonchev–Trinajstić information content (AvgIpc) is 3.46. The molecule has 4 rings (SSSR count). The van der Waals surface area contributed by atoms with Crippen molar-refractivity contribution >= 4 is 11.6 Å². The van der Waals surface area contributed by atoms with E-state index >= 15 is 0 Å². The number of aryl methyl sites for hydroxylation is 2. The monoisotopic (exact) mass is 449 g/mol. The number of carbonyl (C=O) groups excluding carboxylic acids is 1. The lowest BCUT2D eigenvalue weighted by atomic mass is 10.1. The molecule has 0 bridgehead atoms. The summed E-state index contributed by atoms with van der Waals surface area (Å²) in [5, 5.41) is 25.6. The van der Waals surface area contributed by atoms with Gasteiger partial charge in [-0.3, -0.25) is 9.20 Å². The summed E-state index contributed by atoms with van der Waals surface area (Å²) in [6.45, 7) is 3.93. The Bertz CT molecular complexity index is 1180. The molecule has 0 unspecified atom stereocenters. The molecule has 0 saturated heterocycles. The molecule has 0 aliphatic rings.